The number of amides is 1. The fourth-order valence-electron chi connectivity index (χ4n) is 1.44. The second kappa shape index (κ2) is 8.64. The Kier molecular flexibility index (Phi) is 8.42. The molecule has 1 rings (SSSR count). The number of hydrogen-bond acceptors (Lipinski definition) is 2. The molecule has 0 bridgehead atoms. The van der Waals surface area contributed by atoms with Crippen LogP contribution in [0, 0.1) is 5.92 Å². The van der Waals surface area contributed by atoms with Crippen molar-refractivity contribution < 1.29 is 4.79 Å². The highest BCUT2D eigenvalue weighted by Gasteiger charge is 2.16. The van der Waals surface area contributed by atoms with Gasteiger partial charge in [-0.1, -0.05) is 36.2 Å². The molecule has 3 N–H and O–H groups in total. The van der Waals surface area contributed by atoms with Crippen molar-refractivity contribution in [1.29, 1.82) is 0 Å². The van der Waals surface area contributed by atoms with Gasteiger partial charge in [0.2, 0.25) is 5.91 Å². The van der Waals surface area contributed by atoms with Crippen molar-refractivity contribution in [2.75, 3.05) is 6.54 Å². The Balaban J connectivity index is 0.00000324. The zero-order valence-corrected chi connectivity index (χ0v) is 13.3. The highest BCUT2D eigenvalue weighted by atomic mass is 35.5. The standard InChI is InChI=1S/C13H18Cl2N2O.ClH/c1-8(9(2)16)13(18)17-6-5-10-3-4-11(14)7-12(10)15;/h3-4,7-9H,5-6,16H2,1-2H3,(H,17,18);1H. The molecule has 1 amide bonds. The molecule has 0 aliphatic carbocycles. The van der Waals surface area contributed by atoms with E-state index in [0.717, 1.165) is 5.56 Å². The minimum Gasteiger partial charge on any atom is -0.355 e. The monoisotopic (exact) mass is 324 g/mol. The van der Waals surface area contributed by atoms with Crippen molar-refractivity contribution in [1.82, 2.24) is 5.32 Å². The molecular formula is C13H19Cl3N2O. The lowest BCUT2D eigenvalue weighted by atomic mass is 10.0. The molecule has 0 aliphatic rings. The van der Waals surface area contributed by atoms with E-state index in [0.29, 0.717) is 23.0 Å². The van der Waals surface area contributed by atoms with Crippen LogP contribution in [0.5, 0.6) is 0 Å². The van der Waals surface area contributed by atoms with Gasteiger partial charge in [-0.3, -0.25) is 4.79 Å². The first kappa shape index (κ1) is 18.5. The van der Waals surface area contributed by atoms with Crippen LogP contribution in [0.15, 0.2) is 18.2 Å². The molecule has 0 saturated heterocycles. The van der Waals surface area contributed by atoms with Crippen LogP contribution in [0.3, 0.4) is 0 Å². The number of rotatable bonds is 5. The van der Waals surface area contributed by atoms with Gasteiger partial charge in [-0.2, -0.15) is 0 Å². The maximum Gasteiger partial charge on any atom is 0.224 e. The number of nitrogens with one attached hydrogen (secondary N) is 1. The van der Waals surface area contributed by atoms with Gasteiger partial charge in [0.15, 0.2) is 0 Å². The van der Waals surface area contributed by atoms with Crippen molar-refractivity contribution in [3.63, 3.8) is 0 Å². The zero-order valence-electron chi connectivity index (χ0n) is 11.0. The van der Waals surface area contributed by atoms with Crippen molar-refractivity contribution in [2.45, 2.75) is 26.3 Å². The Labute approximate surface area is 130 Å². The van der Waals surface area contributed by atoms with E-state index in [9.17, 15) is 4.79 Å². The lowest BCUT2D eigenvalue weighted by Crippen LogP contribution is -2.39. The van der Waals surface area contributed by atoms with E-state index in [-0.39, 0.29) is 30.3 Å². The topological polar surface area (TPSA) is 55.1 Å². The smallest absolute Gasteiger partial charge is 0.224 e. The van der Waals surface area contributed by atoms with Crippen LogP contribution < -0.4 is 11.1 Å². The lowest BCUT2D eigenvalue weighted by molar-refractivity contribution is -0.124. The number of benzene rings is 1. The number of nitrogens with two attached hydrogens (primary N) is 1. The third kappa shape index (κ3) is 6.00. The summed E-state index contributed by atoms with van der Waals surface area (Å²) in [6, 6.07) is 5.20. The van der Waals surface area contributed by atoms with Gasteiger partial charge in [0, 0.05) is 28.5 Å². The third-order valence-electron chi connectivity index (χ3n) is 2.91. The summed E-state index contributed by atoms with van der Waals surface area (Å²) in [7, 11) is 0. The Hall–Kier alpha value is -0.480. The SMILES string of the molecule is CC(N)C(C)C(=O)NCCc1ccc(Cl)cc1Cl.Cl. The highest BCUT2D eigenvalue weighted by Crippen LogP contribution is 2.21. The molecular weight excluding hydrogens is 307 g/mol. The Morgan fingerprint density at radius 1 is 1.37 bits per heavy atom. The largest absolute Gasteiger partial charge is 0.355 e. The Bertz CT molecular complexity index is 424. The zero-order chi connectivity index (χ0) is 13.7. The van der Waals surface area contributed by atoms with Crippen LogP contribution in [0.4, 0.5) is 0 Å². The van der Waals surface area contributed by atoms with E-state index in [1.54, 1.807) is 12.1 Å². The minimum absolute atomic E-state index is 0. The predicted molar refractivity (Wildman–Crippen MR) is 83.2 cm³/mol. The van der Waals surface area contributed by atoms with Gasteiger partial charge < -0.3 is 11.1 Å². The van der Waals surface area contributed by atoms with Gasteiger partial charge in [-0.05, 0) is 31.0 Å². The van der Waals surface area contributed by atoms with Crippen molar-refractivity contribution in [3.05, 3.63) is 33.8 Å². The molecule has 0 radical (unpaired) electrons. The van der Waals surface area contributed by atoms with Gasteiger partial charge in [-0.25, -0.2) is 0 Å². The molecule has 1 aromatic carbocycles. The molecule has 19 heavy (non-hydrogen) atoms. The van der Waals surface area contributed by atoms with E-state index in [1.165, 1.54) is 0 Å². The van der Waals surface area contributed by atoms with Crippen LogP contribution in [0.1, 0.15) is 19.4 Å². The summed E-state index contributed by atoms with van der Waals surface area (Å²) < 4.78 is 0. The molecule has 2 unspecified atom stereocenters. The Morgan fingerprint density at radius 2 is 2.00 bits per heavy atom. The van der Waals surface area contributed by atoms with Gasteiger partial charge in [0.25, 0.3) is 0 Å². The first-order chi connectivity index (χ1) is 8.41. The number of hydrogen-bond donors (Lipinski definition) is 2. The van der Waals surface area contributed by atoms with Crippen LogP contribution in [-0.2, 0) is 11.2 Å². The van der Waals surface area contributed by atoms with E-state index in [4.69, 9.17) is 28.9 Å². The maximum absolute atomic E-state index is 11.7. The molecule has 0 aromatic heterocycles. The summed E-state index contributed by atoms with van der Waals surface area (Å²) in [4.78, 5) is 11.7. The van der Waals surface area contributed by atoms with Crippen molar-refractivity contribution in [2.24, 2.45) is 11.7 Å². The fourth-order valence-corrected chi connectivity index (χ4v) is 1.95. The second-order valence-corrected chi connectivity index (χ2v) is 5.27. The molecule has 6 heteroatoms. The third-order valence-corrected chi connectivity index (χ3v) is 3.50. The first-order valence-electron chi connectivity index (χ1n) is 5.89. The van der Waals surface area contributed by atoms with Crippen LogP contribution in [-0.4, -0.2) is 18.5 Å². The van der Waals surface area contributed by atoms with Gasteiger partial charge in [0.05, 0.1) is 0 Å². The predicted octanol–water partition coefficient (Wildman–Crippen LogP) is 3.06. The average molecular weight is 326 g/mol. The molecule has 2 atom stereocenters. The summed E-state index contributed by atoms with van der Waals surface area (Å²) in [5.41, 5.74) is 6.63. The highest BCUT2D eigenvalue weighted by molar-refractivity contribution is 6.35. The van der Waals surface area contributed by atoms with E-state index >= 15 is 0 Å². The molecule has 3 nitrogen and oxygen atoms in total. The van der Waals surface area contributed by atoms with Crippen LogP contribution in [0.25, 0.3) is 0 Å². The lowest BCUT2D eigenvalue weighted by Gasteiger charge is -2.15. The maximum atomic E-state index is 11.7. The molecule has 0 spiro atoms. The number of halogens is 3. The summed E-state index contributed by atoms with van der Waals surface area (Å²) in [5, 5.41) is 4.08. The molecule has 0 saturated carbocycles. The van der Waals surface area contributed by atoms with E-state index in [1.807, 2.05) is 19.9 Å². The quantitative estimate of drug-likeness (QED) is 0.874. The average Bonchev–Trinajstić information content (AvgIpc) is 2.30. The summed E-state index contributed by atoms with van der Waals surface area (Å²) in [5.74, 6) is -0.222. The summed E-state index contributed by atoms with van der Waals surface area (Å²) in [6.07, 6.45) is 0.674. The molecule has 1 aromatic rings. The normalized spacial score (nSPS) is 13.3. The number of carbonyl (C=O) groups is 1. The van der Waals surface area contributed by atoms with Gasteiger partial charge in [-0.15, -0.1) is 12.4 Å². The van der Waals surface area contributed by atoms with E-state index < -0.39 is 0 Å². The van der Waals surface area contributed by atoms with Crippen LogP contribution >= 0.6 is 35.6 Å². The van der Waals surface area contributed by atoms with Crippen molar-refractivity contribution in [3.8, 4) is 0 Å². The van der Waals surface area contributed by atoms with E-state index in [2.05, 4.69) is 5.32 Å². The fraction of sp³-hybridized carbons (Fsp3) is 0.462. The molecule has 108 valence electrons. The number of carbonyl (C=O) groups excluding carboxylic acids is 1. The van der Waals surface area contributed by atoms with Crippen LogP contribution in [0.2, 0.25) is 10.0 Å². The van der Waals surface area contributed by atoms with Gasteiger partial charge in [0.1, 0.15) is 0 Å². The second-order valence-electron chi connectivity index (χ2n) is 4.42. The molecule has 0 fully saturated rings. The first-order valence-corrected chi connectivity index (χ1v) is 6.64. The molecule has 0 aliphatic heterocycles. The van der Waals surface area contributed by atoms with Gasteiger partial charge >= 0.3 is 0 Å². The van der Waals surface area contributed by atoms with Crippen molar-refractivity contribution >= 4 is 41.5 Å². The Morgan fingerprint density at radius 3 is 2.53 bits per heavy atom. The molecule has 0 heterocycles. The minimum atomic E-state index is -0.189. The summed E-state index contributed by atoms with van der Waals surface area (Å²) >= 11 is 11.9. The summed E-state index contributed by atoms with van der Waals surface area (Å²) in [6.45, 7) is 4.17.